The van der Waals surface area contributed by atoms with Gasteiger partial charge in [0, 0.05) is 28.9 Å². The molecular weight excluding hydrogens is 350 g/mol. The number of hydrogen-bond donors (Lipinski definition) is 2. The lowest BCUT2D eigenvalue weighted by Crippen LogP contribution is -2.37. The van der Waals surface area contributed by atoms with E-state index >= 15 is 0 Å². The second-order valence-electron chi connectivity index (χ2n) is 5.61. The van der Waals surface area contributed by atoms with E-state index in [-0.39, 0.29) is 0 Å². The van der Waals surface area contributed by atoms with Crippen LogP contribution in [0, 0.1) is 6.92 Å². The zero-order valence-electron chi connectivity index (χ0n) is 16.0. The largest absolute Gasteiger partial charge is 0.493 e. The molecule has 0 bridgehead atoms. The number of aliphatic imine (C=N–C) groups is 1. The average Bonchev–Trinajstić information content (AvgIpc) is 3.08. The van der Waals surface area contributed by atoms with Crippen LogP contribution in [0.3, 0.4) is 0 Å². The lowest BCUT2D eigenvalue weighted by molar-refractivity contribution is 0.322. The lowest BCUT2D eigenvalue weighted by atomic mass is 10.1. The van der Waals surface area contributed by atoms with Gasteiger partial charge in [-0.2, -0.15) is 0 Å². The first-order valence-electron chi connectivity index (χ1n) is 8.40. The molecule has 0 atom stereocenters. The van der Waals surface area contributed by atoms with E-state index in [4.69, 9.17) is 14.2 Å². The van der Waals surface area contributed by atoms with Gasteiger partial charge in [0.15, 0.2) is 17.5 Å². The summed E-state index contributed by atoms with van der Waals surface area (Å²) in [6.45, 7) is 3.59. The van der Waals surface area contributed by atoms with Crippen molar-refractivity contribution < 1.29 is 14.2 Å². The Morgan fingerprint density at radius 1 is 1.00 bits per heavy atom. The molecule has 0 saturated heterocycles. The van der Waals surface area contributed by atoms with Crippen LogP contribution in [0.15, 0.2) is 29.3 Å². The quantitative estimate of drug-likeness (QED) is 0.547. The number of thiophene rings is 1. The maximum Gasteiger partial charge on any atom is 0.203 e. The fourth-order valence-electron chi connectivity index (χ4n) is 2.65. The van der Waals surface area contributed by atoms with Gasteiger partial charge in [-0.15, -0.1) is 11.3 Å². The molecule has 2 N–H and O–H groups in total. The smallest absolute Gasteiger partial charge is 0.203 e. The van der Waals surface area contributed by atoms with E-state index in [2.05, 4.69) is 34.7 Å². The predicted molar refractivity (Wildman–Crippen MR) is 107 cm³/mol. The highest BCUT2D eigenvalue weighted by molar-refractivity contribution is 7.11. The molecular formula is C19H27N3O3S. The Bertz CT molecular complexity index is 744. The van der Waals surface area contributed by atoms with Gasteiger partial charge in [-0.05, 0) is 31.5 Å². The van der Waals surface area contributed by atoms with Crippen molar-refractivity contribution in [3.63, 3.8) is 0 Å². The van der Waals surface area contributed by atoms with E-state index < -0.39 is 0 Å². The molecule has 2 aromatic rings. The molecule has 2 rings (SSSR count). The molecule has 26 heavy (non-hydrogen) atoms. The Morgan fingerprint density at radius 2 is 1.77 bits per heavy atom. The monoisotopic (exact) mass is 377 g/mol. The number of ether oxygens (including phenoxy) is 3. The summed E-state index contributed by atoms with van der Waals surface area (Å²) >= 11 is 1.79. The summed E-state index contributed by atoms with van der Waals surface area (Å²) in [4.78, 5) is 6.86. The summed E-state index contributed by atoms with van der Waals surface area (Å²) in [5.41, 5.74) is 1.04. The summed E-state index contributed by atoms with van der Waals surface area (Å²) in [7, 11) is 6.63. The third-order valence-corrected chi connectivity index (χ3v) is 4.92. The minimum atomic E-state index is 0.614. The van der Waals surface area contributed by atoms with Crippen LogP contribution in [-0.4, -0.2) is 40.9 Å². The Hall–Kier alpha value is -2.41. The third kappa shape index (κ3) is 5.05. The van der Waals surface area contributed by atoms with Gasteiger partial charge in [0.25, 0.3) is 0 Å². The summed E-state index contributed by atoms with van der Waals surface area (Å²) < 4.78 is 16.3. The van der Waals surface area contributed by atoms with Gasteiger partial charge in [-0.1, -0.05) is 6.07 Å². The van der Waals surface area contributed by atoms with Crippen LogP contribution in [0.25, 0.3) is 0 Å². The number of aryl methyl sites for hydroxylation is 1. The molecule has 0 radical (unpaired) electrons. The molecule has 0 fully saturated rings. The topological polar surface area (TPSA) is 64.1 Å². The summed E-state index contributed by atoms with van der Waals surface area (Å²) in [6.07, 6.45) is 0.766. The Kier molecular flexibility index (Phi) is 7.59. The molecule has 0 amide bonds. The zero-order chi connectivity index (χ0) is 18.9. The second kappa shape index (κ2) is 9.91. The van der Waals surface area contributed by atoms with Gasteiger partial charge >= 0.3 is 0 Å². The first kappa shape index (κ1) is 19.9. The lowest BCUT2D eigenvalue weighted by Gasteiger charge is -2.16. The summed E-state index contributed by atoms with van der Waals surface area (Å²) in [5.74, 6) is 2.74. The van der Waals surface area contributed by atoms with E-state index in [9.17, 15) is 0 Å². The maximum atomic E-state index is 5.52. The van der Waals surface area contributed by atoms with E-state index in [0.29, 0.717) is 17.2 Å². The van der Waals surface area contributed by atoms with Crippen LogP contribution in [-0.2, 0) is 13.0 Å². The van der Waals surface area contributed by atoms with Crippen molar-refractivity contribution in [3.05, 3.63) is 39.6 Å². The highest BCUT2D eigenvalue weighted by Gasteiger charge is 2.15. The van der Waals surface area contributed by atoms with Gasteiger partial charge in [-0.3, -0.25) is 4.99 Å². The predicted octanol–water partition coefficient (Wildman–Crippen LogP) is 2.99. The Balaban J connectivity index is 1.93. The van der Waals surface area contributed by atoms with Crippen LogP contribution >= 0.6 is 11.3 Å². The number of benzene rings is 1. The average molecular weight is 378 g/mol. The molecule has 6 nitrogen and oxygen atoms in total. The first-order chi connectivity index (χ1) is 12.6. The van der Waals surface area contributed by atoms with Crippen molar-refractivity contribution in [1.82, 2.24) is 10.6 Å². The molecule has 7 heteroatoms. The van der Waals surface area contributed by atoms with Crippen LogP contribution in [0.2, 0.25) is 0 Å². The number of hydrogen-bond acceptors (Lipinski definition) is 5. The summed E-state index contributed by atoms with van der Waals surface area (Å²) in [5, 5.41) is 6.66. The van der Waals surface area contributed by atoms with Crippen molar-refractivity contribution in [2.75, 3.05) is 34.9 Å². The van der Waals surface area contributed by atoms with E-state index in [1.54, 1.807) is 39.7 Å². The van der Waals surface area contributed by atoms with Gasteiger partial charge in [0.1, 0.15) is 0 Å². The molecule has 142 valence electrons. The number of methoxy groups -OCH3 is 3. The maximum absolute atomic E-state index is 5.52. The third-order valence-electron chi connectivity index (χ3n) is 3.92. The molecule has 0 aliphatic heterocycles. The van der Waals surface area contributed by atoms with Gasteiger partial charge in [0.05, 0.1) is 27.9 Å². The van der Waals surface area contributed by atoms with Crippen molar-refractivity contribution in [2.24, 2.45) is 4.99 Å². The number of rotatable bonds is 8. The molecule has 0 aliphatic rings. The highest BCUT2D eigenvalue weighted by atomic mass is 32.1. The Labute approximate surface area is 159 Å². The highest BCUT2D eigenvalue weighted by Crippen LogP contribution is 2.39. The van der Waals surface area contributed by atoms with Crippen LogP contribution < -0.4 is 24.8 Å². The van der Waals surface area contributed by atoms with Crippen LogP contribution in [0.5, 0.6) is 17.2 Å². The van der Waals surface area contributed by atoms with Crippen molar-refractivity contribution >= 4 is 17.3 Å². The van der Waals surface area contributed by atoms with Crippen molar-refractivity contribution in [3.8, 4) is 17.2 Å². The summed E-state index contributed by atoms with van der Waals surface area (Å²) in [6, 6.07) is 8.14. The second-order valence-corrected chi connectivity index (χ2v) is 6.98. The van der Waals surface area contributed by atoms with Gasteiger partial charge < -0.3 is 24.8 Å². The minimum absolute atomic E-state index is 0.614. The van der Waals surface area contributed by atoms with Crippen LogP contribution in [0.1, 0.15) is 15.3 Å². The van der Waals surface area contributed by atoms with E-state index in [1.807, 2.05) is 12.1 Å². The molecule has 1 heterocycles. The molecule has 0 unspecified atom stereocenters. The van der Waals surface area contributed by atoms with Crippen LogP contribution in [0.4, 0.5) is 0 Å². The van der Waals surface area contributed by atoms with Gasteiger partial charge in [-0.25, -0.2) is 0 Å². The normalized spacial score (nSPS) is 11.2. The fourth-order valence-corrected chi connectivity index (χ4v) is 3.48. The SMILES string of the molecule is CN=C(NCCc1ccc(OC)c(OC)c1OC)NCc1ccc(C)s1. The minimum Gasteiger partial charge on any atom is -0.493 e. The zero-order valence-corrected chi connectivity index (χ0v) is 16.8. The first-order valence-corrected chi connectivity index (χ1v) is 9.22. The van der Waals surface area contributed by atoms with E-state index in [1.165, 1.54) is 9.75 Å². The molecule has 1 aromatic carbocycles. The molecule has 0 saturated carbocycles. The molecule has 0 aliphatic carbocycles. The van der Waals surface area contributed by atoms with Gasteiger partial charge in [0.2, 0.25) is 5.75 Å². The van der Waals surface area contributed by atoms with Crippen molar-refractivity contribution in [1.29, 1.82) is 0 Å². The molecule has 1 aromatic heterocycles. The number of nitrogens with one attached hydrogen (secondary N) is 2. The Morgan fingerprint density at radius 3 is 2.35 bits per heavy atom. The number of nitrogens with zero attached hydrogens (tertiary/aromatic N) is 1. The molecule has 0 spiro atoms. The fraction of sp³-hybridized carbons (Fsp3) is 0.421. The van der Waals surface area contributed by atoms with Crippen molar-refractivity contribution in [2.45, 2.75) is 19.9 Å². The van der Waals surface area contributed by atoms with E-state index in [0.717, 1.165) is 31.0 Å². The standard InChI is InChI=1S/C19H27N3O3S/c1-13-6-8-15(26-13)12-22-19(20-2)21-11-10-14-7-9-16(23-3)18(25-5)17(14)24-4/h6-9H,10-12H2,1-5H3,(H2,20,21,22). The number of guanidine groups is 1.